The highest BCUT2D eigenvalue weighted by molar-refractivity contribution is 9.10. The van der Waals surface area contributed by atoms with Gasteiger partial charge in [-0.1, -0.05) is 6.07 Å². The van der Waals surface area contributed by atoms with E-state index in [1.807, 2.05) is 19.1 Å². The Balaban J connectivity index is 2.05. The number of carbonyl (C=O) groups is 1. The molecule has 2 heterocycles. The molecule has 98 valence electrons. The molecule has 0 aliphatic rings. The highest BCUT2D eigenvalue weighted by Crippen LogP contribution is 2.15. The van der Waals surface area contributed by atoms with Crippen molar-refractivity contribution in [3.05, 3.63) is 51.9 Å². The number of amides is 1. The van der Waals surface area contributed by atoms with Gasteiger partial charge < -0.3 is 11.1 Å². The van der Waals surface area contributed by atoms with Crippen molar-refractivity contribution in [3.63, 3.8) is 0 Å². The Labute approximate surface area is 119 Å². The zero-order valence-electron chi connectivity index (χ0n) is 10.4. The normalized spacial score (nSPS) is 10.2. The molecule has 5 nitrogen and oxygen atoms in total. The van der Waals surface area contributed by atoms with Gasteiger partial charge in [-0.3, -0.25) is 9.78 Å². The molecule has 0 saturated carbocycles. The molecule has 0 spiro atoms. The first kappa shape index (κ1) is 13.5. The van der Waals surface area contributed by atoms with Crippen LogP contribution in [-0.2, 0) is 6.54 Å². The number of anilines is 1. The number of nitrogens with one attached hydrogen (secondary N) is 1. The van der Waals surface area contributed by atoms with E-state index < -0.39 is 0 Å². The second-order valence-electron chi connectivity index (χ2n) is 4.08. The third kappa shape index (κ3) is 3.51. The SMILES string of the molecule is Cc1ccc(CNC(=O)c2cc(Br)cnc2N)cn1. The van der Waals surface area contributed by atoms with Crippen LogP contribution in [0.4, 0.5) is 5.82 Å². The van der Waals surface area contributed by atoms with Crippen molar-refractivity contribution in [1.82, 2.24) is 15.3 Å². The number of hydrogen-bond donors (Lipinski definition) is 2. The Bertz CT molecular complexity index is 598. The van der Waals surface area contributed by atoms with E-state index in [9.17, 15) is 4.79 Å². The Morgan fingerprint density at radius 2 is 2.16 bits per heavy atom. The Hall–Kier alpha value is -1.95. The largest absolute Gasteiger partial charge is 0.383 e. The number of carbonyl (C=O) groups excluding carboxylic acids is 1. The molecule has 0 atom stereocenters. The van der Waals surface area contributed by atoms with E-state index in [-0.39, 0.29) is 11.7 Å². The maximum absolute atomic E-state index is 12.0. The van der Waals surface area contributed by atoms with Gasteiger partial charge in [0.05, 0.1) is 5.56 Å². The minimum Gasteiger partial charge on any atom is -0.383 e. The molecule has 0 bridgehead atoms. The van der Waals surface area contributed by atoms with Crippen LogP contribution in [0.5, 0.6) is 0 Å². The third-order valence-corrected chi connectivity index (χ3v) is 2.99. The predicted molar refractivity (Wildman–Crippen MR) is 76.5 cm³/mol. The van der Waals surface area contributed by atoms with Crippen LogP contribution in [0.15, 0.2) is 35.1 Å². The van der Waals surface area contributed by atoms with E-state index in [0.717, 1.165) is 11.3 Å². The topological polar surface area (TPSA) is 80.9 Å². The minimum atomic E-state index is -0.258. The summed E-state index contributed by atoms with van der Waals surface area (Å²) in [7, 11) is 0. The molecule has 19 heavy (non-hydrogen) atoms. The molecule has 0 saturated heterocycles. The Morgan fingerprint density at radius 1 is 1.37 bits per heavy atom. The van der Waals surface area contributed by atoms with Gasteiger partial charge in [-0.2, -0.15) is 0 Å². The maximum atomic E-state index is 12.0. The van der Waals surface area contributed by atoms with Gasteiger partial charge in [-0.05, 0) is 40.5 Å². The van der Waals surface area contributed by atoms with Crippen LogP contribution in [0, 0.1) is 6.92 Å². The molecular formula is C13H13BrN4O. The summed E-state index contributed by atoms with van der Waals surface area (Å²) in [6, 6.07) is 5.46. The number of halogens is 1. The molecule has 0 unspecified atom stereocenters. The van der Waals surface area contributed by atoms with Crippen LogP contribution >= 0.6 is 15.9 Å². The van der Waals surface area contributed by atoms with Crippen molar-refractivity contribution in [2.45, 2.75) is 13.5 Å². The van der Waals surface area contributed by atoms with Crippen molar-refractivity contribution < 1.29 is 4.79 Å². The summed E-state index contributed by atoms with van der Waals surface area (Å²) in [4.78, 5) is 20.1. The van der Waals surface area contributed by atoms with Crippen LogP contribution in [0.3, 0.4) is 0 Å². The molecule has 3 N–H and O–H groups in total. The fourth-order valence-corrected chi connectivity index (χ4v) is 1.84. The zero-order chi connectivity index (χ0) is 13.8. The van der Waals surface area contributed by atoms with Crippen molar-refractivity contribution in [1.29, 1.82) is 0 Å². The fourth-order valence-electron chi connectivity index (χ4n) is 1.51. The lowest BCUT2D eigenvalue weighted by atomic mass is 10.2. The Kier molecular flexibility index (Phi) is 4.11. The molecule has 0 fully saturated rings. The van der Waals surface area contributed by atoms with Crippen molar-refractivity contribution in [2.24, 2.45) is 0 Å². The molecule has 2 rings (SSSR count). The summed E-state index contributed by atoms with van der Waals surface area (Å²) in [6.07, 6.45) is 3.29. The lowest BCUT2D eigenvalue weighted by molar-refractivity contribution is 0.0951. The van der Waals surface area contributed by atoms with Gasteiger partial charge in [0.2, 0.25) is 0 Å². The quantitative estimate of drug-likeness (QED) is 0.907. The lowest BCUT2D eigenvalue weighted by Crippen LogP contribution is -2.24. The van der Waals surface area contributed by atoms with Gasteiger partial charge >= 0.3 is 0 Å². The first-order valence-electron chi connectivity index (χ1n) is 5.67. The lowest BCUT2D eigenvalue weighted by Gasteiger charge is -2.07. The van der Waals surface area contributed by atoms with Gasteiger partial charge in [-0.15, -0.1) is 0 Å². The summed E-state index contributed by atoms with van der Waals surface area (Å²) >= 11 is 3.26. The van der Waals surface area contributed by atoms with Crippen LogP contribution in [0.2, 0.25) is 0 Å². The monoisotopic (exact) mass is 320 g/mol. The Morgan fingerprint density at radius 3 is 2.84 bits per heavy atom. The van der Waals surface area contributed by atoms with Gasteiger partial charge in [-0.25, -0.2) is 4.98 Å². The van der Waals surface area contributed by atoms with Gasteiger partial charge in [0, 0.05) is 29.1 Å². The highest BCUT2D eigenvalue weighted by atomic mass is 79.9. The van der Waals surface area contributed by atoms with Crippen LogP contribution in [0.1, 0.15) is 21.6 Å². The molecule has 6 heteroatoms. The van der Waals surface area contributed by atoms with Gasteiger partial charge in [0.1, 0.15) is 5.82 Å². The van der Waals surface area contributed by atoms with E-state index in [1.165, 1.54) is 0 Å². The molecule has 2 aromatic rings. The first-order chi connectivity index (χ1) is 9.06. The number of pyridine rings is 2. The maximum Gasteiger partial charge on any atom is 0.255 e. The highest BCUT2D eigenvalue weighted by Gasteiger charge is 2.11. The predicted octanol–water partition coefficient (Wildman–Crippen LogP) is 2.06. The first-order valence-corrected chi connectivity index (χ1v) is 6.46. The second kappa shape index (κ2) is 5.79. The number of aryl methyl sites for hydroxylation is 1. The fraction of sp³-hybridized carbons (Fsp3) is 0.154. The summed E-state index contributed by atoms with van der Waals surface area (Å²) in [6.45, 7) is 2.31. The molecule has 2 aromatic heterocycles. The van der Waals surface area contributed by atoms with Crippen LogP contribution < -0.4 is 11.1 Å². The van der Waals surface area contributed by atoms with Gasteiger partial charge in [0.15, 0.2) is 0 Å². The molecule has 0 aromatic carbocycles. The number of nitrogens with zero attached hydrogens (tertiary/aromatic N) is 2. The number of aromatic nitrogens is 2. The van der Waals surface area contributed by atoms with Crippen LogP contribution in [0.25, 0.3) is 0 Å². The van der Waals surface area contributed by atoms with E-state index in [1.54, 1.807) is 18.5 Å². The number of hydrogen-bond acceptors (Lipinski definition) is 4. The van der Waals surface area contributed by atoms with E-state index in [0.29, 0.717) is 16.6 Å². The summed E-state index contributed by atoms with van der Waals surface area (Å²) in [5, 5.41) is 2.78. The van der Waals surface area contributed by atoms with E-state index >= 15 is 0 Å². The molecule has 0 aliphatic heterocycles. The average molecular weight is 321 g/mol. The third-order valence-electron chi connectivity index (χ3n) is 2.56. The number of nitrogens with two attached hydrogens (primary N) is 1. The second-order valence-corrected chi connectivity index (χ2v) is 4.99. The number of nitrogen functional groups attached to an aromatic ring is 1. The number of rotatable bonds is 3. The average Bonchev–Trinajstić information content (AvgIpc) is 2.40. The summed E-state index contributed by atoms with van der Waals surface area (Å²) < 4.78 is 0.712. The van der Waals surface area contributed by atoms with E-state index in [4.69, 9.17) is 5.73 Å². The van der Waals surface area contributed by atoms with Crippen molar-refractivity contribution in [3.8, 4) is 0 Å². The molecule has 0 aliphatic carbocycles. The standard InChI is InChI=1S/C13H13BrN4O/c1-8-2-3-9(5-16-8)6-18-13(19)11-4-10(14)7-17-12(11)15/h2-5,7H,6H2,1H3,(H2,15,17)(H,18,19). The molecule has 1 amide bonds. The smallest absolute Gasteiger partial charge is 0.255 e. The van der Waals surface area contributed by atoms with Crippen molar-refractivity contribution >= 4 is 27.7 Å². The zero-order valence-corrected chi connectivity index (χ0v) is 11.9. The van der Waals surface area contributed by atoms with Gasteiger partial charge in [0.25, 0.3) is 5.91 Å². The summed E-state index contributed by atoms with van der Waals surface area (Å²) in [5.74, 6) is -0.0467. The van der Waals surface area contributed by atoms with E-state index in [2.05, 4.69) is 31.2 Å². The minimum absolute atomic E-state index is 0.211. The molecular weight excluding hydrogens is 308 g/mol. The summed E-state index contributed by atoms with van der Waals surface area (Å²) in [5.41, 5.74) is 7.90. The molecule has 0 radical (unpaired) electrons. The van der Waals surface area contributed by atoms with Crippen LogP contribution in [-0.4, -0.2) is 15.9 Å². The van der Waals surface area contributed by atoms with Crippen molar-refractivity contribution in [2.75, 3.05) is 5.73 Å².